The molecular weight excluding hydrogens is 370 g/mol. The SMILES string of the molecule is CC1(C)CC(=O)C(C=NCC2CCN(C(=S)Nc3ccccc3)CC2)C(=O)C1. The van der Waals surface area contributed by atoms with Gasteiger partial charge in [-0.3, -0.25) is 14.6 Å². The standard InChI is InChI=1S/C22H29N3O2S/c1-22(2)12-19(26)18(20(27)13-22)15-23-14-16-8-10-25(11-9-16)21(28)24-17-6-4-3-5-7-17/h3-7,15-16,18H,8-14H2,1-2H3,(H,24,28). The van der Waals surface area contributed by atoms with E-state index in [0.29, 0.717) is 25.3 Å². The van der Waals surface area contributed by atoms with Gasteiger partial charge in [0.25, 0.3) is 0 Å². The predicted molar refractivity (Wildman–Crippen MR) is 117 cm³/mol. The number of likely N-dealkylation sites (tertiary alicyclic amines) is 1. The maximum Gasteiger partial charge on any atom is 0.173 e. The smallest absolute Gasteiger partial charge is 0.173 e. The number of carbonyl (C=O) groups is 2. The summed E-state index contributed by atoms with van der Waals surface area (Å²) in [7, 11) is 0. The van der Waals surface area contributed by atoms with Crippen LogP contribution in [0.5, 0.6) is 0 Å². The van der Waals surface area contributed by atoms with Crippen LogP contribution in [-0.2, 0) is 9.59 Å². The van der Waals surface area contributed by atoms with Crippen molar-refractivity contribution in [3.05, 3.63) is 30.3 Å². The zero-order chi connectivity index (χ0) is 20.1. The van der Waals surface area contributed by atoms with Gasteiger partial charge in [-0.15, -0.1) is 0 Å². The fourth-order valence-corrected chi connectivity index (χ4v) is 4.23. The Morgan fingerprint density at radius 3 is 2.39 bits per heavy atom. The van der Waals surface area contributed by atoms with E-state index in [-0.39, 0.29) is 17.0 Å². The molecule has 0 atom stereocenters. The van der Waals surface area contributed by atoms with Crippen LogP contribution in [0.4, 0.5) is 5.69 Å². The van der Waals surface area contributed by atoms with Gasteiger partial charge in [0.2, 0.25) is 0 Å². The van der Waals surface area contributed by atoms with E-state index in [1.165, 1.54) is 0 Å². The van der Waals surface area contributed by atoms with Crippen molar-refractivity contribution < 1.29 is 9.59 Å². The van der Waals surface area contributed by atoms with Crippen molar-refractivity contribution in [1.82, 2.24) is 4.90 Å². The van der Waals surface area contributed by atoms with Gasteiger partial charge in [0.15, 0.2) is 5.11 Å². The number of anilines is 1. The zero-order valence-electron chi connectivity index (χ0n) is 16.7. The Hall–Kier alpha value is -2.08. The topological polar surface area (TPSA) is 61.8 Å². The molecule has 6 heteroatoms. The van der Waals surface area contributed by atoms with Crippen LogP contribution in [0.25, 0.3) is 0 Å². The molecule has 0 radical (unpaired) electrons. The first kappa shape index (κ1) is 20.6. The monoisotopic (exact) mass is 399 g/mol. The molecule has 0 bridgehead atoms. The molecule has 28 heavy (non-hydrogen) atoms. The fraction of sp³-hybridized carbons (Fsp3) is 0.545. The third kappa shape index (κ3) is 5.47. The summed E-state index contributed by atoms with van der Waals surface area (Å²) < 4.78 is 0. The number of ketones is 2. The average Bonchev–Trinajstić information content (AvgIpc) is 2.64. The van der Waals surface area contributed by atoms with Crippen LogP contribution in [0.3, 0.4) is 0 Å². The number of benzene rings is 1. The number of carbonyl (C=O) groups excluding carboxylic acids is 2. The lowest BCUT2D eigenvalue weighted by Crippen LogP contribution is -2.41. The number of Topliss-reactive ketones (excluding diaryl/α,β-unsaturated/α-hetero) is 2. The maximum atomic E-state index is 12.2. The Morgan fingerprint density at radius 2 is 1.79 bits per heavy atom. The molecule has 1 aliphatic heterocycles. The third-order valence-electron chi connectivity index (χ3n) is 5.54. The van der Waals surface area contributed by atoms with Gasteiger partial charge in [-0.05, 0) is 48.5 Å². The minimum atomic E-state index is -0.629. The number of hydrogen-bond acceptors (Lipinski definition) is 4. The summed E-state index contributed by atoms with van der Waals surface area (Å²) in [6.07, 6.45) is 4.54. The summed E-state index contributed by atoms with van der Waals surface area (Å²) in [5, 5.41) is 4.04. The molecule has 1 saturated carbocycles. The van der Waals surface area contributed by atoms with E-state index in [2.05, 4.69) is 15.2 Å². The van der Waals surface area contributed by atoms with E-state index in [0.717, 1.165) is 36.7 Å². The molecule has 1 N–H and O–H groups in total. The summed E-state index contributed by atoms with van der Waals surface area (Å²) >= 11 is 5.52. The molecule has 0 amide bonds. The lowest BCUT2D eigenvalue weighted by atomic mass is 9.72. The van der Waals surface area contributed by atoms with Crippen LogP contribution < -0.4 is 5.32 Å². The summed E-state index contributed by atoms with van der Waals surface area (Å²) in [5.74, 6) is -0.137. The predicted octanol–water partition coefficient (Wildman–Crippen LogP) is 3.74. The van der Waals surface area contributed by atoms with Gasteiger partial charge in [-0.2, -0.15) is 0 Å². The molecule has 1 saturated heterocycles. The van der Waals surface area contributed by atoms with Crippen molar-refractivity contribution in [2.45, 2.75) is 39.5 Å². The lowest BCUT2D eigenvalue weighted by Gasteiger charge is -2.33. The second-order valence-electron chi connectivity index (χ2n) is 8.67. The van der Waals surface area contributed by atoms with Crippen molar-refractivity contribution in [2.24, 2.45) is 22.2 Å². The average molecular weight is 400 g/mol. The summed E-state index contributed by atoms with van der Waals surface area (Å²) in [4.78, 5) is 31.1. The van der Waals surface area contributed by atoms with Gasteiger partial charge in [0.05, 0.1) is 0 Å². The van der Waals surface area contributed by atoms with Gasteiger partial charge in [-0.25, -0.2) is 0 Å². The van der Waals surface area contributed by atoms with Crippen LogP contribution in [0.15, 0.2) is 35.3 Å². The molecule has 1 aliphatic carbocycles. The number of nitrogens with one attached hydrogen (secondary N) is 1. The first-order chi connectivity index (χ1) is 13.3. The summed E-state index contributed by atoms with van der Waals surface area (Å²) in [6.45, 7) is 6.41. The maximum absolute atomic E-state index is 12.2. The Balaban J connectivity index is 1.43. The van der Waals surface area contributed by atoms with E-state index in [4.69, 9.17) is 12.2 Å². The third-order valence-corrected chi connectivity index (χ3v) is 5.90. The highest BCUT2D eigenvalue weighted by atomic mass is 32.1. The van der Waals surface area contributed by atoms with E-state index in [1.54, 1.807) is 6.21 Å². The lowest BCUT2D eigenvalue weighted by molar-refractivity contribution is -0.136. The molecule has 2 aliphatic rings. The normalized spacial score (nSPS) is 21.3. The number of aliphatic imine (C=N–C) groups is 1. The van der Waals surface area contributed by atoms with Crippen LogP contribution in [-0.4, -0.2) is 47.4 Å². The molecule has 3 rings (SSSR count). The van der Waals surface area contributed by atoms with E-state index >= 15 is 0 Å². The summed E-state index contributed by atoms with van der Waals surface area (Å²) in [6, 6.07) is 9.96. The number of thiocarbonyl (C=S) groups is 1. The van der Waals surface area contributed by atoms with E-state index in [1.807, 2.05) is 44.2 Å². The van der Waals surface area contributed by atoms with Crippen molar-refractivity contribution >= 4 is 40.8 Å². The van der Waals surface area contributed by atoms with Gasteiger partial charge in [-0.1, -0.05) is 32.0 Å². The zero-order valence-corrected chi connectivity index (χ0v) is 17.5. The highest BCUT2D eigenvalue weighted by Crippen LogP contribution is 2.33. The Bertz CT molecular complexity index is 732. The number of rotatable bonds is 4. The molecule has 0 unspecified atom stereocenters. The Morgan fingerprint density at radius 1 is 1.18 bits per heavy atom. The Labute approximate surface area is 172 Å². The van der Waals surface area contributed by atoms with Crippen LogP contribution in [0.1, 0.15) is 39.5 Å². The molecule has 5 nitrogen and oxygen atoms in total. The summed E-state index contributed by atoms with van der Waals surface area (Å²) in [5.41, 5.74) is 0.793. The molecule has 2 fully saturated rings. The Kier molecular flexibility index (Phi) is 6.60. The van der Waals surface area contributed by atoms with Gasteiger partial charge in [0.1, 0.15) is 17.5 Å². The molecule has 150 valence electrons. The molecule has 1 heterocycles. The number of nitrogens with zero attached hydrogens (tertiary/aromatic N) is 2. The van der Waals surface area contributed by atoms with Gasteiger partial charge < -0.3 is 10.2 Å². The van der Waals surface area contributed by atoms with Crippen molar-refractivity contribution in [3.63, 3.8) is 0 Å². The van der Waals surface area contributed by atoms with Crippen molar-refractivity contribution in [3.8, 4) is 0 Å². The number of para-hydroxylation sites is 1. The molecule has 0 spiro atoms. The van der Waals surface area contributed by atoms with Crippen LogP contribution in [0.2, 0.25) is 0 Å². The second kappa shape index (κ2) is 8.95. The molecular formula is C22H29N3O2S. The fourth-order valence-electron chi connectivity index (χ4n) is 3.93. The first-order valence-electron chi connectivity index (χ1n) is 10.0. The molecule has 1 aromatic rings. The highest BCUT2D eigenvalue weighted by molar-refractivity contribution is 7.80. The minimum absolute atomic E-state index is 0.0113. The van der Waals surface area contributed by atoms with Gasteiger partial charge in [0, 0.05) is 44.4 Å². The first-order valence-corrected chi connectivity index (χ1v) is 10.4. The minimum Gasteiger partial charge on any atom is -0.349 e. The van der Waals surface area contributed by atoms with E-state index < -0.39 is 5.92 Å². The quantitative estimate of drug-likeness (QED) is 0.475. The van der Waals surface area contributed by atoms with Crippen LogP contribution >= 0.6 is 12.2 Å². The van der Waals surface area contributed by atoms with E-state index in [9.17, 15) is 9.59 Å². The van der Waals surface area contributed by atoms with Crippen molar-refractivity contribution in [2.75, 3.05) is 25.0 Å². The number of piperidine rings is 1. The molecule has 0 aromatic heterocycles. The molecule has 1 aromatic carbocycles. The van der Waals surface area contributed by atoms with Crippen molar-refractivity contribution in [1.29, 1.82) is 0 Å². The number of hydrogen-bond donors (Lipinski definition) is 1. The van der Waals surface area contributed by atoms with Crippen LogP contribution in [0, 0.1) is 17.3 Å². The highest BCUT2D eigenvalue weighted by Gasteiger charge is 2.38. The van der Waals surface area contributed by atoms with Gasteiger partial charge >= 0.3 is 0 Å². The second-order valence-corrected chi connectivity index (χ2v) is 9.06. The largest absolute Gasteiger partial charge is 0.349 e.